The molecule has 0 aliphatic rings. The third-order valence-electron chi connectivity index (χ3n) is 2.66. The minimum absolute atomic E-state index is 0.0142. The van der Waals surface area contributed by atoms with Crippen molar-refractivity contribution in [2.24, 2.45) is 0 Å². The summed E-state index contributed by atoms with van der Waals surface area (Å²) in [6.07, 6.45) is 0.323. The van der Waals surface area contributed by atoms with E-state index in [1.807, 2.05) is 4.90 Å². The second-order valence-corrected chi connectivity index (χ2v) is 4.35. The molecule has 0 amide bonds. The number of halogens is 1. The summed E-state index contributed by atoms with van der Waals surface area (Å²) < 4.78 is 0. The SMILES string of the molecule is O=C(CCN(CCO)CCO)c1ccccc1Cl. The van der Waals surface area contributed by atoms with Crippen molar-refractivity contribution in [3.8, 4) is 0 Å². The van der Waals surface area contributed by atoms with Gasteiger partial charge in [-0.15, -0.1) is 0 Å². The third kappa shape index (κ3) is 4.74. The van der Waals surface area contributed by atoms with Crippen molar-refractivity contribution in [3.63, 3.8) is 0 Å². The highest BCUT2D eigenvalue weighted by Gasteiger charge is 2.11. The Hall–Kier alpha value is -0.940. The number of hydrogen-bond acceptors (Lipinski definition) is 4. The quantitative estimate of drug-likeness (QED) is 0.698. The average Bonchev–Trinajstić information content (AvgIpc) is 2.36. The highest BCUT2D eigenvalue weighted by molar-refractivity contribution is 6.33. The van der Waals surface area contributed by atoms with E-state index in [4.69, 9.17) is 21.8 Å². The molecule has 0 saturated heterocycles. The van der Waals surface area contributed by atoms with Crippen LogP contribution in [0, 0.1) is 0 Å². The molecule has 0 aromatic heterocycles. The van der Waals surface area contributed by atoms with Gasteiger partial charge in [-0.05, 0) is 12.1 Å². The van der Waals surface area contributed by atoms with Crippen LogP contribution >= 0.6 is 11.6 Å². The van der Waals surface area contributed by atoms with Crippen molar-refractivity contribution < 1.29 is 15.0 Å². The summed E-state index contributed by atoms with van der Waals surface area (Å²) in [5.74, 6) is -0.0264. The van der Waals surface area contributed by atoms with Gasteiger partial charge < -0.3 is 10.2 Å². The number of hydrogen-bond donors (Lipinski definition) is 2. The lowest BCUT2D eigenvalue weighted by molar-refractivity contribution is 0.0947. The number of ketones is 1. The van der Waals surface area contributed by atoms with Crippen molar-refractivity contribution in [3.05, 3.63) is 34.9 Å². The van der Waals surface area contributed by atoms with E-state index in [2.05, 4.69) is 0 Å². The predicted octanol–water partition coefficient (Wildman–Crippen LogP) is 1.20. The Morgan fingerprint density at radius 3 is 2.28 bits per heavy atom. The molecule has 0 atom stereocenters. The monoisotopic (exact) mass is 271 g/mol. The van der Waals surface area contributed by atoms with Gasteiger partial charge in [-0.3, -0.25) is 9.69 Å². The zero-order valence-electron chi connectivity index (χ0n) is 10.2. The molecule has 2 N–H and O–H groups in total. The summed E-state index contributed by atoms with van der Waals surface area (Å²) in [7, 11) is 0. The highest BCUT2D eigenvalue weighted by atomic mass is 35.5. The van der Waals surface area contributed by atoms with Gasteiger partial charge in [-0.25, -0.2) is 0 Å². The molecule has 0 unspecified atom stereocenters. The molecular formula is C13H18ClNO3. The molecular weight excluding hydrogens is 254 g/mol. The highest BCUT2D eigenvalue weighted by Crippen LogP contribution is 2.16. The first kappa shape index (κ1) is 15.1. The minimum atomic E-state index is -0.0264. The largest absolute Gasteiger partial charge is 0.395 e. The number of benzene rings is 1. The van der Waals surface area contributed by atoms with Gasteiger partial charge in [-0.1, -0.05) is 23.7 Å². The maximum atomic E-state index is 11.9. The van der Waals surface area contributed by atoms with E-state index in [0.717, 1.165) is 0 Å². The molecule has 5 heteroatoms. The number of carbonyl (C=O) groups excluding carboxylic acids is 1. The van der Waals surface area contributed by atoms with Crippen molar-refractivity contribution in [1.82, 2.24) is 4.90 Å². The molecule has 1 rings (SSSR count). The topological polar surface area (TPSA) is 60.8 Å². The van der Waals surface area contributed by atoms with Crippen LogP contribution in [-0.2, 0) is 0 Å². The molecule has 0 aliphatic heterocycles. The summed E-state index contributed by atoms with van der Waals surface area (Å²) in [5.41, 5.74) is 0.520. The second-order valence-electron chi connectivity index (χ2n) is 3.94. The summed E-state index contributed by atoms with van der Waals surface area (Å²) in [6, 6.07) is 6.95. The van der Waals surface area contributed by atoms with Gasteiger partial charge in [0, 0.05) is 31.6 Å². The molecule has 100 valence electrons. The second kappa shape index (κ2) is 8.21. The van der Waals surface area contributed by atoms with Crippen molar-refractivity contribution >= 4 is 17.4 Å². The molecule has 0 spiro atoms. The molecule has 0 bridgehead atoms. The van der Waals surface area contributed by atoms with Crippen molar-refractivity contribution in [2.75, 3.05) is 32.8 Å². The Labute approximate surface area is 112 Å². The molecule has 0 heterocycles. The van der Waals surface area contributed by atoms with Gasteiger partial charge in [0.05, 0.1) is 18.2 Å². The van der Waals surface area contributed by atoms with Gasteiger partial charge in [0.1, 0.15) is 0 Å². The van der Waals surface area contributed by atoms with E-state index in [1.165, 1.54) is 0 Å². The Balaban J connectivity index is 2.52. The normalized spacial score (nSPS) is 10.9. The van der Waals surface area contributed by atoms with E-state index >= 15 is 0 Å². The lowest BCUT2D eigenvalue weighted by Crippen LogP contribution is -2.32. The third-order valence-corrected chi connectivity index (χ3v) is 2.99. The number of Topliss-reactive ketones (excluding diaryl/α,β-unsaturated/α-hetero) is 1. The van der Waals surface area contributed by atoms with Crippen LogP contribution in [0.3, 0.4) is 0 Å². The standard InChI is InChI=1S/C13H18ClNO3/c14-12-4-2-1-3-11(12)13(18)5-6-15(7-9-16)8-10-17/h1-4,16-17H,5-10H2. The van der Waals surface area contributed by atoms with E-state index in [-0.39, 0.29) is 19.0 Å². The van der Waals surface area contributed by atoms with Crippen molar-refractivity contribution in [2.45, 2.75) is 6.42 Å². The average molecular weight is 272 g/mol. The summed E-state index contributed by atoms with van der Waals surface area (Å²) >= 11 is 5.94. The predicted molar refractivity (Wildman–Crippen MR) is 71.0 cm³/mol. The lowest BCUT2D eigenvalue weighted by atomic mass is 10.1. The van der Waals surface area contributed by atoms with Gasteiger partial charge in [0.2, 0.25) is 0 Å². The Morgan fingerprint density at radius 2 is 1.72 bits per heavy atom. The minimum Gasteiger partial charge on any atom is -0.395 e. The summed E-state index contributed by atoms with van der Waals surface area (Å²) in [5, 5.41) is 18.2. The van der Waals surface area contributed by atoms with Gasteiger partial charge in [0.25, 0.3) is 0 Å². The van der Waals surface area contributed by atoms with Crippen LogP contribution in [0.25, 0.3) is 0 Å². The van der Waals surface area contributed by atoms with Gasteiger partial charge >= 0.3 is 0 Å². The van der Waals surface area contributed by atoms with Crippen LogP contribution in [0.1, 0.15) is 16.8 Å². The first-order chi connectivity index (χ1) is 8.69. The van der Waals surface area contributed by atoms with E-state index in [9.17, 15) is 4.79 Å². The molecule has 18 heavy (non-hydrogen) atoms. The van der Waals surface area contributed by atoms with E-state index in [0.29, 0.717) is 36.6 Å². The number of aliphatic hydroxyl groups excluding tert-OH is 2. The number of carbonyl (C=O) groups is 1. The zero-order valence-corrected chi connectivity index (χ0v) is 10.9. The first-order valence-electron chi connectivity index (χ1n) is 5.91. The zero-order chi connectivity index (χ0) is 13.4. The van der Waals surface area contributed by atoms with Crippen LogP contribution in [-0.4, -0.2) is 53.7 Å². The van der Waals surface area contributed by atoms with Crippen LogP contribution in [0.2, 0.25) is 5.02 Å². The summed E-state index contributed by atoms with van der Waals surface area (Å²) in [6.45, 7) is 1.44. The molecule has 4 nitrogen and oxygen atoms in total. The molecule has 1 aromatic rings. The molecule has 0 aliphatic carbocycles. The maximum Gasteiger partial charge on any atom is 0.165 e. The van der Waals surface area contributed by atoms with Crippen LogP contribution in [0.15, 0.2) is 24.3 Å². The van der Waals surface area contributed by atoms with E-state index < -0.39 is 0 Å². The molecule has 0 radical (unpaired) electrons. The van der Waals surface area contributed by atoms with Gasteiger partial charge in [0.15, 0.2) is 5.78 Å². The Morgan fingerprint density at radius 1 is 1.11 bits per heavy atom. The van der Waals surface area contributed by atoms with Gasteiger partial charge in [-0.2, -0.15) is 0 Å². The van der Waals surface area contributed by atoms with Crippen LogP contribution in [0.4, 0.5) is 0 Å². The fourth-order valence-corrected chi connectivity index (χ4v) is 1.94. The first-order valence-corrected chi connectivity index (χ1v) is 6.28. The fourth-order valence-electron chi connectivity index (χ4n) is 1.70. The van der Waals surface area contributed by atoms with Crippen LogP contribution < -0.4 is 0 Å². The number of rotatable bonds is 8. The van der Waals surface area contributed by atoms with Crippen LogP contribution in [0.5, 0.6) is 0 Å². The smallest absolute Gasteiger partial charge is 0.165 e. The lowest BCUT2D eigenvalue weighted by Gasteiger charge is -2.19. The van der Waals surface area contributed by atoms with Crippen molar-refractivity contribution in [1.29, 1.82) is 0 Å². The molecule has 0 fully saturated rings. The summed E-state index contributed by atoms with van der Waals surface area (Å²) in [4.78, 5) is 13.8. The Bertz CT molecular complexity index is 378. The van der Waals surface area contributed by atoms with E-state index in [1.54, 1.807) is 24.3 Å². The fraction of sp³-hybridized carbons (Fsp3) is 0.462. The number of aliphatic hydroxyl groups is 2. The Kier molecular flexibility index (Phi) is 6.90. The maximum absolute atomic E-state index is 11.9. The molecule has 1 aromatic carbocycles. The number of nitrogens with zero attached hydrogens (tertiary/aromatic N) is 1. The molecule has 0 saturated carbocycles.